The summed E-state index contributed by atoms with van der Waals surface area (Å²) in [6.45, 7) is 6.05. The zero-order chi connectivity index (χ0) is 23.9. The van der Waals surface area contributed by atoms with Gasteiger partial charge in [0.15, 0.2) is 5.78 Å². The number of amides is 1. The van der Waals surface area contributed by atoms with Gasteiger partial charge in [-0.05, 0) is 60.7 Å². The maximum atomic E-state index is 13.5. The number of dihydropyridines is 1. The zero-order valence-electron chi connectivity index (χ0n) is 19.8. The maximum absolute atomic E-state index is 13.5. The molecule has 1 heterocycles. The van der Waals surface area contributed by atoms with E-state index < -0.39 is 5.92 Å². The molecule has 1 amide bonds. The molecule has 1 aliphatic carbocycles. The van der Waals surface area contributed by atoms with Crippen molar-refractivity contribution in [1.29, 1.82) is 0 Å². The smallest absolute Gasteiger partial charge is 0.254 e. The topological polar surface area (TPSA) is 61.4 Å². The summed E-state index contributed by atoms with van der Waals surface area (Å²) in [6.07, 6.45) is 1.18. The van der Waals surface area contributed by atoms with Crippen molar-refractivity contribution in [2.45, 2.75) is 39.5 Å². The monoisotopic (exact) mass is 447 g/mol. The molecule has 0 aromatic heterocycles. The Bertz CT molecular complexity index is 1160. The van der Waals surface area contributed by atoms with Crippen molar-refractivity contribution in [2.24, 2.45) is 5.41 Å². The highest BCUT2D eigenvalue weighted by Crippen LogP contribution is 2.46. The van der Waals surface area contributed by atoms with Crippen molar-refractivity contribution < 1.29 is 14.0 Å². The van der Waals surface area contributed by atoms with Gasteiger partial charge in [-0.1, -0.05) is 26.0 Å². The summed E-state index contributed by atoms with van der Waals surface area (Å²) in [4.78, 5) is 28.9. The molecular weight excluding hydrogens is 417 g/mol. The van der Waals surface area contributed by atoms with Crippen LogP contribution in [0.15, 0.2) is 71.1 Å². The molecule has 2 aromatic carbocycles. The van der Waals surface area contributed by atoms with Crippen LogP contribution in [0.4, 0.5) is 15.8 Å². The first-order chi connectivity index (χ1) is 15.6. The van der Waals surface area contributed by atoms with Gasteiger partial charge in [0.1, 0.15) is 5.82 Å². The Morgan fingerprint density at radius 3 is 2.30 bits per heavy atom. The highest BCUT2D eigenvalue weighted by Gasteiger charge is 2.42. The number of nitrogens with one attached hydrogen (secondary N) is 2. The number of anilines is 2. The van der Waals surface area contributed by atoms with Crippen LogP contribution in [0, 0.1) is 11.2 Å². The number of carbonyl (C=O) groups excluding carboxylic acids is 2. The fraction of sp³-hybridized carbons (Fsp3) is 0.333. The SMILES string of the molecule is CC1=C(C(=O)Nc2ccc(F)cc2)[C@@H](c2ccc(N(C)C)cc2)C2=C(CC(C)(C)CC2=O)N1. The van der Waals surface area contributed by atoms with E-state index in [0.29, 0.717) is 23.3 Å². The van der Waals surface area contributed by atoms with E-state index in [0.717, 1.165) is 29.1 Å². The van der Waals surface area contributed by atoms with Crippen molar-refractivity contribution in [3.05, 3.63) is 82.5 Å². The Balaban J connectivity index is 1.79. The summed E-state index contributed by atoms with van der Waals surface area (Å²) in [5.74, 6) is -1.08. The molecule has 1 aliphatic heterocycles. The third-order valence-electron chi connectivity index (χ3n) is 6.33. The number of carbonyl (C=O) groups is 2. The molecule has 1 atom stereocenters. The summed E-state index contributed by atoms with van der Waals surface area (Å²) in [5.41, 5.74) is 5.08. The van der Waals surface area contributed by atoms with Gasteiger partial charge in [-0.15, -0.1) is 0 Å². The van der Waals surface area contributed by atoms with Crippen LogP contribution in [-0.4, -0.2) is 25.8 Å². The summed E-state index contributed by atoms with van der Waals surface area (Å²) >= 11 is 0. The molecular formula is C27H30FN3O2. The van der Waals surface area contributed by atoms with Gasteiger partial charge >= 0.3 is 0 Å². The third-order valence-corrected chi connectivity index (χ3v) is 6.33. The number of rotatable bonds is 4. The van der Waals surface area contributed by atoms with E-state index >= 15 is 0 Å². The van der Waals surface area contributed by atoms with E-state index in [9.17, 15) is 14.0 Å². The van der Waals surface area contributed by atoms with Gasteiger partial charge in [-0.25, -0.2) is 4.39 Å². The summed E-state index contributed by atoms with van der Waals surface area (Å²) < 4.78 is 13.3. The van der Waals surface area contributed by atoms with Crippen LogP contribution in [0.25, 0.3) is 0 Å². The van der Waals surface area contributed by atoms with Gasteiger partial charge in [0.05, 0.1) is 0 Å². The highest BCUT2D eigenvalue weighted by atomic mass is 19.1. The van der Waals surface area contributed by atoms with Crippen LogP contribution in [0.2, 0.25) is 0 Å². The molecule has 2 N–H and O–H groups in total. The largest absolute Gasteiger partial charge is 0.378 e. The summed E-state index contributed by atoms with van der Waals surface area (Å²) in [6, 6.07) is 13.6. The molecule has 0 radical (unpaired) electrons. The Labute approximate surface area is 194 Å². The van der Waals surface area contributed by atoms with Crippen molar-refractivity contribution >= 4 is 23.1 Å². The Morgan fingerprint density at radius 2 is 1.70 bits per heavy atom. The average molecular weight is 448 g/mol. The van der Waals surface area contributed by atoms with Crippen molar-refractivity contribution in [3.8, 4) is 0 Å². The standard InChI is InChI=1S/C27H30FN3O2/c1-16-23(26(33)30-19-10-8-18(28)9-11-19)24(17-6-12-20(13-7-17)31(4)5)25-21(29-16)14-27(2,3)15-22(25)32/h6-13,24,29H,14-15H2,1-5H3,(H,30,33)/t24-/m1/s1. The minimum absolute atomic E-state index is 0.0648. The Morgan fingerprint density at radius 1 is 1.06 bits per heavy atom. The zero-order valence-corrected chi connectivity index (χ0v) is 19.8. The molecule has 5 nitrogen and oxygen atoms in total. The van der Waals surface area contributed by atoms with E-state index in [4.69, 9.17) is 0 Å². The number of benzene rings is 2. The van der Waals surface area contributed by atoms with E-state index in [2.05, 4.69) is 24.5 Å². The van der Waals surface area contributed by atoms with Gasteiger partial charge in [-0.3, -0.25) is 9.59 Å². The third kappa shape index (κ3) is 4.56. The second-order valence-corrected chi connectivity index (χ2v) is 9.88. The van der Waals surface area contributed by atoms with Crippen LogP contribution in [-0.2, 0) is 9.59 Å². The van der Waals surface area contributed by atoms with E-state index in [1.54, 1.807) is 0 Å². The van der Waals surface area contributed by atoms with Crippen molar-refractivity contribution in [1.82, 2.24) is 5.32 Å². The first kappa shape index (κ1) is 22.8. The van der Waals surface area contributed by atoms with Crippen LogP contribution in [0.1, 0.15) is 45.1 Å². The number of nitrogens with zero attached hydrogens (tertiary/aromatic N) is 1. The fourth-order valence-electron chi connectivity index (χ4n) is 4.77. The molecule has 0 saturated carbocycles. The normalized spacial score (nSPS) is 19.7. The van der Waals surface area contributed by atoms with Crippen LogP contribution in [0.5, 0.6) is 0 Å². The second kappa shape index (κ2) is 8.50. The quantitative estimate of drug-likeness (QED) is 0.682. The van der Waals surface area contributed by atoms with Gasteiger partial charge in [0.25, 0.3) is 5.91 Å². The first-order valence-electron chi connectivity index (χ1n) is 11.1. The predicted octanol–water partition coefficient (Wildman–Crippen LogP) is 5.13. The fourth-order valence-corrected chi connectivity index (χ4v) is 4.77. The lowest BCUT2D eigenvalue weighted by atomic mass is 9.68. The van der Waals surface area contributed by atoms with Gasteiger partial charge < -0.3 is 15.5 Å². The maximum Gasteiger partial charge on any atom is 0.254 e. The van der Waals surface area contributed by atoms with Crippen LogP contribution >= 0.6 is 0 Å². The average Bonchev–Trinajstić information content (AvgIpc) is 2.73. The van der Waals surface area contributed by atoms with Crippen LogP contribution < -0.4 is 15.5 Å². The van der Waals surface area contributed by atoms with Gasteiger partial charge in [0.2, 0.25) is 0 Å². The lowest BCUT2D eigenvalue weighted by molar-refractivity contribution is -0.118. The van der Waals surface area contributed by atoms with E-state index in [1.807, 2.05) is 50.2 Å². The number of hydrogen-bond donors (Lipinski definition) is 2. The van der Waals surface area contributed by atoms with Gasteiger partial charge in [0, 0.05) is 60.3 Å². The van der Waals surface area contributed by atoms with Gasteiger partial charge in [-0.2, -0.15) is 0 Å². The minimum atomic E-state index is -0.471. The highest BCUT2D eigenvalue weighted by molar-refractivity contribution is 6.10. The predicted molar refractivity (Wildman–Crippen MR) is 129 cm³/mol. The molecule has 4 rings (SSSR count). The lowest BCUT2D eigenvalue weighted by Gasteiger charge is -2.39. The molecule has 2 aromatic rings. The summed E-state index contributed by atoms with van der Waals surface area (Å²) in [5, 5.41) is 6.25. The second-order valence-electron chi connectivity index (χ2n) is 9.88. The number of hydrogen-bond acceptors (Lipinski definition) is 4. The Hall–Kier alpha value is -3.41. The molecule has 2 aliphatic rings. The number of Topliss-reactive ketones (excluding diaryl/α,β-unsaturated/α-hetero) is 1. The molecule has 0 bridgehead atoms. The molecule has 172 valence electrons. The van der Waals surface area contributed by atoms with Crippen LogP contribution in [0.3, 0.4) is 0 Å². The minimum Gasteiger partial charge on any atom is -0.378 e. The van der Waals surface area contributed by atoms with E-state index in [-0.39, 0.29) is 22.9 Å². The number of allylic oxidation sites excluding steroid dienone is 3. The van der Waals surface area contributed by atoms with E-state index in [1.165, 1.54) is 24.3 Å². The lowest BCUT2D eigenvalue weighted by Crippen LogP contribution is -2.39. The van der Waals surface area contributed by atoms with Crippen molar-refractivity contribution in [2.75, 3.05) is 24.3 Å². The Kier molecular flexibility index (Phi) is 5.87. The number of ketones is 1. The first-order valence-corrected chi connectivity index (χ1v) is 11.1. The molecule has 6 heteroatoms. The number of halogens is 1. The van der Waals surface area contributed by atoms with Crippen molar-refractivity contribution in [3.63, 3.8) is 0 Å². The molecule has 33 heavy (non-hydrogen) atoms. The molecule has 0 unspecified atom stereocenters. The molecule has 0 saturated heterocycles. The molecule has 0 spiro atoms. The summed E-state index contributed by atoms with van der Waals surface area (Å²) in [7, 11) is 3.94. The molecule has 0 fully saturated rings.